The van der Waals surface area contributed by atoms with Gasteiger partial charge >= 0.3 is 0 Å². The third kappa shape index (κ3) is 5.77. The molecule has 0 bridgehead atoms. The summed E-state index contributed by atoms with van der Waals surface area (Å²) in [6.45, 7) is 5.98. The molecule has 1 aromatic carbocycles. The number of H-pyrrole nitrogens is 1. The van der Waals surface area contributed by atoms with Crippen molar-refractivity contribution in [1.82, 2.24) is 25.1 Å². The first-order chi connectivity index (χ1) is 16.6. The number of benzene rings is 1. The van der Waals surface area contributed by atoms with Gasteiger partial charge in [-0.15, -0.1) is 0 Å². The monoisotopic (exact) mass is 477 g/mol. The van der Waals surface area contributed by atoms with Crippen LogP contribution in [-0.4, -0.2) is 64.1 Å². The van der Waals surface area contributed by atoms with Crippen molar-refractivity contribution < 1.29 is 4.79 Å². The van der Waals surface area contributed by atoms with Gasteiger partial charge < -0.3 is 15.1 Å². The predicted molar refractivity (Wildman–Crippen MR) is 135 cm³/mol. The molecule has 34 heavy (non-hydrogen) atoms. The Morgan fingerprint density at radius 2 is 1.85 bits per heavy atom. The first kappa shape index (κ1) is 22.9. The molecule has 3 aromatic rings. The summed E-state index contributed by atoms with van der Waals surface area (Å²) in [4.78, 5) is 27.5. The van der Waals surface area contributed by atoms with Gasteiger partial charge in [-0.25, -0.2) is 9.97 Å². The normalized spacial score (nSPS) is 16.6. The lowest BCUT2D eigenvalue weighted by Crippen LogP contribution is -2.44. The lowest BCUT2D eigenvalue weighted by Gasteiger charge is -2.33. The number of aryl methyl sites for hydroxylation is 1. The third-order valence-corrected chi connectivity index (χ3v) is 7.20. The number of carbonyl (C=O) groups is 1. The van der Waals surface area contributed by atoms with E-state index >= 15 is 0 Å². The number of aromatic nitrogens is 4. The van der Waals surface area contributed by atoms with Crippen molar-refractivity contribution in [3.63, 3.8) is 0 Å². The first-order valence-electron chi connectivity index (χ1n) is 12.0. The van der Waals surface area contributed by atoms with Gasteiger partial charge in [0.15, 0.2) is 11.0 Å². The molecule has 1 saturated carbocycles. The molecule has 5 rings (SSSR count). The average molecular weight is 478 g/mol. The lowest BCUT2D eigenvalue weighted by atomic mass is 10.1. The van der Waals surface area contributed by atoms with E-state index in [1.807, 2.05) is 24.3 Å². The van der Waals surface area contributed by atoms with Gasteiger partial charge in [0.1, 0.15) is 17.4 Å². The lowest BCUT2D eigenvalue weighted by molar-refractivity contribution is -0.119. The summed E-state index contributed by atoms with van der Waals surface area (Å²) in [5.74, 6) is 3.07. The molecule has 8 nitrogen and oxygen atoms in total. The predicted octanol–water partition coefficient (Wildman–Crippen LogP) is 3.93. The fourth-order valence-corrected chi connectivity index (χ4v) is 4.76. The number of nitrogens with zero attached hydrogens (tertiary/aromatic N) is 5. The molecular weight excluding hydrogens is 446 g/mol. The maximum Gasteiger partial charge on any atom is 0.196 e. The van der Waals surface area contributed by atoms with Crippen molar-refractivity contribution >= 4 is 35.0 Å². The summed E-state index contributed by atoms with van der Waals surface area (Å²) in [7, 11) is 2.15. The smallest absolute Gasteiger partial charge is 0.196 e. The summed E-state index contributed by atoms with van der Waals surface area (Å²) >= 11 is 1.53. The Kier molecular flexibility index (Phi) is 6.82. The zero-order valence-electron chi connectivity index (χ0n) is 19.8. The van der Waals surface area contributed by atoms with Crippen LogP contribution in [0.25, 0.3) is 0 Å². The highest BCUT2D eigenvalue weighted by atomic mass is 32.2. The van der Waals surface area contributed by atoms with Crippen LogP contribution < -0.4 is 10.2 Å². The first-order valence-corrected chi connectivity index (χ1v) is 12.8. The molecule has 3 heterocycles. The van der Waals surface area contributed by atoms with Crippen LogP contribution in [0, 0.1) is 5.92 Å². The number of piperazine rings is 1. The van der Waals surface area contributed by atoms with Crippen molar-refractivity contribution in [3.05, 3.63) is 47.7 Å². The van der Waals surface area contributed by atoms with Crippen molar-refractivity contribution in [2.24, 2.45) is 5.92 Å². The van der Waals surface area contributed by atoms with E-state index in [0.29, 0.717) is 23.3 Å². The maximum atomic E-state index is 12.1. The Bertz CT molecular complexity index is 1130. The van der Waals surface area contributed by atoms with Gasteiger partial charge in [0.2, 0.25) is 0 Å². The van der Waals surface area contributed by atoms with E-state index in [9.17, 15) is 4.79 Å². The second-order valence-electron chi connectivity index (χ2n) is 9.10. The number of Topliss-reactive ketones (excluding diaryl/α,β-unsaturated/α-hetero) is 1. The van der Waals surface area contributed by atoms with Crippen LogP contribution in [0.5, 0.6) is 0 Å². The summed E-state index contributed by atoms with van der Waals surface area (Å²) in [6, 6.07) is 12.2. The van der Waals surface area contributed by atoms with Crippen molar-refractivity contribution in [2.45, 2.75) is 42.7 Å². The molecule has 0 spiro atoms. The van der Waals surface area contributed by atoms with E-state index in [1.54, 1.807) is 0 Å². The zero-order valence-corrected chi connectivity index (χ0v) is 20.6. The Labute approximate surface area is 204 Å². The highest BCUT2D eigenvalue weighted by Crippen LogP contribution is 2.32. The molecule has 0 atom stereocenters. The molecule has 2 fully saturated rings. The number of hydrogen-bond donors (Lipinski definition) is 2. The number of aromatic amines is 1. The molecular formula is C25H31N7OS. The SMILES string of the molecule is CCc1cc(Nc2cc(N3CCN(C)CC3)nc(Sc3ccc(CC(=O)C4CC4)cc3)n2)n[nH]1. The van der Waals surface area contributed by atoms with Gasteiger partial charge in [-0.05, 0) is 55.8 Å². The van der Waals surface area contributed by atoms with Crippen LogP contribution in [0.15, 0.2) is 46.5 Å². The Morgan fingerprint density at radius 3 is 2.53 bits per heavy atom. The molecule has 0 unspecified atom stereocenters. The van der Waals surface area contributed by atoms with E-state index in [1.165, 1.54) is 11.8 Å². The number of rotatable bonds is 9. The molecule has 1 aliphatic carbocycles. The quantitative estimate of drug-likeness (QED) is 0.448. The van der Waals surface area contributed by atoms with Gasteiger partial charge in [-0.3, -0.25) is 9.89 Å². The number of anilines is 3. The molecule has 0 amide bonds. The number of carbonyl (C=O) groups excluding carboxylic acids is 1. The number of nitrogens with one attached hydrogen (secondary N) is 2. The minimum absolute atomic E-state index is 0.300. The number of likely N-dealkylation sites (N-methyl/N-ethyl adjacent to an activating group) is 1. The van der Waals surface area contributed by atoms with Gasteiger partial charge in [-0.1, -0.05) is 19.1 Å². The fraction of sp³-hybridized carbons (Fsp3) is 0.440. The minimum atomic E-state index is 0.300. The molecule has 2 N–H and O–H groups in total. The van der Waals surface area contributed by atoms with E-state index < -0.39 is 0 Å². The second kappa shape index (κ2) is 10.1. The summed E-state index contributed by atoms with van der Waals surface area (Å²) in [6.07, 6.45) is 3.54. The molecule has 0 radical (unpaired) electrons. The van der Waals surface area contributed by atoms with Gasteiger partial charge in [0, 0.05) is 61.2 Å². The fourth-order valence-electron chi connectivity index (χ4n) is 3.99. The van der Waals surface area contributed by atoms with Gasteiger partial charge in [0.05, 0.1) is 0 Å². The summed E-state index contributed by atoms with van der Waals surface area (Å²) < 4.78 is 0. The Balaban J connectivity index is 1.35. The Morgan fingerprint density at radius 1 is 1.09 bits per heavy atom. The molecule has 1 saturated heterocycles. The molecule has 2 aromatic heterocycles. The van der Waals surface area contributed by atoms with E-state index in [-0.39, 0.29) is 0 Å². The minimum Gasteiger partial charge on any atom is -0.354 e. The van der Waals surface area contributed by atoms with Crippen LogP contribution in [0.3, 0.4) is 0 Å². The van der Waals surface area contributed by atoms with E-state index in [4.69, 9.17) is 9.97 Å². The van der Waals surface area contributed by atoms with Gasteiger partial charge in [-0.2, -0.15) is 5.10 Å². The number of hydrogen-bond acceptors (Lipinski definition) is 8. The van der Waals surface area contributed by atoms with E-state index in [2.05, 4.69) is 51.4 Å². The maximum absolute atomic E-state index is 12.1. The van der Waals surface area contributed by atoms with Crippen molar-refractivity contribution in [1.29, 1.82) is 0 Å². The van der Waals surface area contributed by atoms with Crippen LogP contribution in [0.1, 0.15) is 31.0 Å². The summed E-state index contributed by atoms with van der Waals surface area (Å²) in [5.41, 5.74) is 2.15. The van der Waals surface area contributed by atoms with Crippen LogP contribution in [0.4, 0.5) is 17.5 Å². The summed E-state index contributed by atoms with van der Waals surface area (Å²) in [5, 5.41) is 11.4. The highest BCUT2D eigenvalue weighted by Gasteiger charge is 2.29. The standard InChI is InChI=1S/C25H31N7OS/c1-3-19-15-23(30-29-19)26-22-16-24(32-12-10-31(2)11-13-32)28-25(27-22)34-20-8-4-17(5-9-20)14-21(33)18-6-7-18/h4-5,8-9,15-16,18H,3,6-7,10-14H2,1-2H3,(H2,26,27,28,29,30). The topological polar surface area (TPSA) is 90.0 Å². The number of ketones is 1. The third-order valence-electron chi connectivity index (χ3n) is 6.33. The molecule has 1 aliphatic heterocycles. The van der Waals surface area contributed by atoms with Gasteiger partial charge in [0.25, 0.3) is 0 Å². The van der Waals surface area contributed by atoms with Crippen LogP contribution in [-0.2, 0) is 17.6 Å². The van der Waals surface area contributed by atoms with Crippen LogP contribution >= 0.6 is 11.8 Å². The Hall–Kier alpha value is -2.91. The molecule has 2 aliphatic rings. The highest BCUT2D eigenvalue weighted by molar-refractivity contribution is 7.99. The van der Waals surface area contributed by atoms with Crippen molar-refractivity contribution in [2.75, 3.05) is 43.4 Å². The second-order valence-corrected chi connectivity index (χ2v) is 10.1. The van der Waals surface area contributed by atoms with Crippen molar-refractivity contribution in [3.8, 4) is 0 Å². The largest absolute Gasteiger partial charge is 0.354 e. The zero-order chi connectivity index (χ0) is 23.5. The average Bonchev–Trinajstić information content (AvgIpc) is 3.60. The van der Waals surface area contributed by atoms with Crippen LogP contribution in [0.2, 0.25) is 0 Å². The molecule has 9 heteroatoms. The van der Waals surface area contributed by atoms with E-state index in [0.717, 1.165) is 79.0 Å². The molecule has 178 valence electrons.